The van der Waals surface area contributed by atoms with Crippen LogP contribution in [0.1, 0.15) is 39.9 Å². The smallest absolute Gasteiger partial charge is 0.255 e. The van der Waals surface area contributed by atoms with Crippen LogP contribution in [0.4, 0.5) is 11.4 Å². The monoisotopic (exact) mass is 334 g/mol. The largest absolute Gasteiger partial charge is 0.322 e. The summed E-state index contributed by atoms with van der Waals surface area (Å²) in [7, 11) is 0. The standard InChI is InChI=1S/C21H22N2O2/c1-13-9-14(2)11-17(10-13)20(24)22-18-6-5-15-7-8-23(19(15)12-18)21(25)16-3-4-16/h5-6,9-12,16H,3-4,7-8H2,1-2H3,(H,22,24). The molecule has 1 fully saturated rings. The third-order valence-electron chi connectivity index (χ3n) is 4.92. The van der Waals surface area contributed by atoms with Gasteiger partial charge in [-0.25, -0.2) is 0 Å². The van der Waals surface area contributed by atoms with Crippen molar-refractivity contribution in [3.63, 3.8) is 0 Å². The number of fused-ring (bicyclic) bond motifs is 1. The van der Waals surface area contributed by atoms with Crippen molar-refractivity contribution in [2.45, 2.75) is 33.1 Å². The third kappa shape index (κ3) is 3.16. The van der Waals surface area contributed by atoms with Gasteiger partial charge in [0, 0.05) is 29.4 Å². The molecule has 25 heavy (non-hydrogen) atoms. The number of amides is 2. The van der Waals surface area contributed by atoms with Crippen molar-refractivity contribution < 1.29 is 9.59 Å². The molecule has 4 rings (SSSR count). The molecule has 2 aromatic rings. The van der Waals surface area contributed by atoms with E-state index in [-0.39, 0.29) is 17.7 Å². The minimum Gasteiger partial charge on any atom is -0.322 e. The number of hydrogen-bond donors (Lipinski definition) is 1. The first-order valence-electron chi connectivity index (χ1n) is 8.85. The van der Waals surface area contributed by atoms with E-state index in [2.05, 4.69) is 5.32 Å². The van der Waals surface area contributed by atoms with Gasteiger partial charge in [0.1, 0.15) is 0 Å². The fraction of sp³-hybridized carbons (Fsp3) is 0.333. The van der Waals surface area contributed by atoms with Gasteiger partial charge in [0.25, 0.3) is 5.91 Å². The Hall–Kier alpha value is -2.62. The molecule has 0 unspecified atom stereocenters. The molecule has 1 aliphatic carbocycles. The van der Waals surface area contributed by atoms with Crippen LogP contribution in [0.25, 0.3) is 0 Å². The van der Waals surface area contributed by atoms with Crippen LogP contribution >= 0.6 is 0 Å². The van der Waals surface area contributed by atoms with Gasteiger partial charge >= 0.3 is 0 Å². The maximum absolute atomic E-state index is 12.6. The van der Waals surface area contributed by atoms with Crippen molar-refractivity contribution >= 4 is 23.2 Å². The number of carbonyl (C=O) groups is 2. The van der Waals surface area contributed by atoms with Crippen LogP contribution < -0.4 is 10.2 Å². The summed E-state index contributed by atoms with van der Waals surface area (Å²) < 4.78 is 0. The molecule has 0 spiro atoms. The Morgan fingerprint density at radius 2 is 1.76 bits per heavy atom. The number of anilines is 2. The number of nitrogens with one attached hydrogen (secondary N) is 1. The molecule has 0 bridgehead atoms. The molecule has 128 valence electrons. The number of rotatable bonds is 3. The van der Waals surface area contributed by atoms with Crippen molar-refractivity contribution in [1.82, 2.24) is 0 Å². The summed E-state index contributed by atoms with van der Waals surface area (Å²) in [5.74, 6) is 0.320. The predicted molar refractivity (Wildman–Crippen MR) is 99.1 cm³/mol. The molecule has 1 aliphatic heterocycles. The normalized spacial score (nSPS) is 15.8. The molecule has 4 nitrogen and oxygen atoms in total. The highest BCUT2D eigenvalue weighted by Gasteiger charge is 2.36. The highest BCUT2D eigenvalue weighted by molar-refractivity contribution is 6.05. The zero-order valence-electron chi connectivity index (χ0n) is 14.6. The molecule has 0 atom stereocenters. The topological polar surface area (TPSA) is 49.4 Å². The van der Waals surface area contributed by atoms with E-state index in [1.807, 2.05) is 55.1 Å². The molecule has 2 amide bonds. The SMILES string of the molecule is Cc1cc(C)cc(C(=O)Nc2ccc3c(c2)N(C(=O)C2CC2)CC3)c1. The zero-order valence-corrected chi connectivity index (χ0v) is 14.6. The fourth-order valence-electron chi connectivity index (χ4n) is 3.55. The van der Waals surface area contributed by atoms with Crippen molar-refractivity contribution in [2.24, 2.45) is 5.92 Å². The minimum atomic E-state index is -0.121. The van der Waals surface area contributed by atoms with Gasteiger partial charge in [-0.3, -0.25) is 9.59 Å². The second kappa shape index (κ2) is 6.03. The van der Waals surface area contributed by atoms with Crippen LogP contribution in [0.2, 0.25) is 0 Å². The summed E-state index contributed by atoms with van der Waals surface area (Å²) in [6.07, 6.45) is 2.90. The van der Waals surface area contributed by atoms with Gasteiger partial charge in [0.2, 0.25) is 5.91 Å². The van der Waals surface area contributed by atoms with Gasteiger partial charge in [0.05, 0.1) is 0 Å². The lowest BCUT2D eigenvalue weighted by Crippen LogP contribution is -2.30. The quantitative estimate of drug-likeness (QED) is 0.927. The predicted octanol–water partition coefficient (Wildman–Crippen LogP) is 3.85. The first-order chi connectivity index (χ1) is 12.0. The Morgan fingerprint density at radius 1 is 1.04 bits per heavy atom. The van der Waals surface area contributed by atoms with Crippen molar-refractivity contribution in [2.75, 3.05) is 16.8 Å². The van der Waals surface area contributed by atoms with E-state index in [1.165, 1.54) is 5.56 Å². The second-order valence-electron chi connectivity index (χ2n) is 7.19. The summed E-state index contributed by atoms with van der Waals surface area (Å²) in [5, 5.41) is 2.97. The highest BCUT2D eigenvalue weighted by atomic mass is 16.2. The zero-order chi connectivity index (χ0) is 17.6. The second-order valence-corrected chi connectivity index (χ2v) is 7.19. The van der Waals surface area contributed by atoms with E-state index >= 15 is 0 Å². The van der Waals surface area contributed by atoms with E-state index in [9.17, 15) is 9.59 Å². The average molecular weight is 334 g/mol. The Labute approximate surface area is 147 Å². The lowest BCUT2D eigenvalue weighted by atomic mass is 10.1. The average Bonchev–Trinajstić information content (AvgIpc) is 3.33. The molecule has 1 N–H and O–H groups in total. The molecule has 0 saturated heterocycles. The number of carbonyl (C=O) groups excluding carboxylic acids is 2. The van der Waals surface area contributed by atoms with Crippen molar-refractivity contribution in [1.29, 1.82) is 0 Å². The lowest BCUT2D eigenvalue weighted by molar-refractivity contribution is -0.119. The van der Waals surface area contributed by atoms with Crippen molar-refractivity contribution in [3.05, 3.63) is 58.7 Å². The van der Waals surface area contributed by atoms with Crippen LogP contribution in [0, 0.1) is 19.8 Å². The molecule has 4 heteroatoms. The summed E-state index contributed by atoms with van der Waals surface area (Å²) >= 11 is 0. The Balaban J connectivity index is 1.56. The van der Waals surface area contributed by atoms with E-state index < -0.39 is 0 Å². The van der Waals surface area contributed by atoms with Gasteiger partial charge in [-0.2, -0.15) is 0 Å². The van der Waals surface area contributed by atoms with Crippen LogP contribution in [0.3, 0.4) is 0 Å². The number of benzene rings is 2. The fourth-order valence-corrected chi connectivity index (χ4v) is 3.55. The van der Waals surface area contributed by atoms with Crippen molar-refractivity contribution in [3.8, 4) is 0 Å². The lowest BCUT2D eigenvalue weighted by Gasteiger charge is -2.18. The van der Waals surface area contributed by atoms with E-state index in [1.54, 1.807) is 0 Å². The summed E-state index contributed by atoms with van der Waals surface area (Å²) in [6.45, 7) is 4.72. The third-order valence-corrected chi connectivity index (χ3v) is 4.92. The van der Waals surface area contributed by atoms with Gasteiger partial charge < -0.3 is 10.2 Å². The van der Waals surface area contributed by atoms with Gasteiger partial charge in [-0.15, -0.1) is 0 Å². The highest BCUT2D eigenvalue weighted by Crippen LogP contribution is 2.37. The molecule has 2 aliphatic rings. The Bertz CT molecular complexity index is 848. The molecule has 2 aromatic carbocycles. The van der Waals surface area contributed by atoms with Crippen LogP contribution in [0.5, 0.6) is 0 Å². The molecule has 0 aromatic heterocycles. The Kier molecular flexibility index (Phi) is 3.83. The number of aryl methyl sites for hydroxylation is 2. The first-order valence-corrected chi connectivity index (χ1v) is 8.85. The molecular weight excluding hydrogens is 312 g/mol. The molecule has 1 saturated carbocycles. The van der Waals surface area contributed by atoms with E-state index in [0.29, 0.717) is 5.56 Å². The Morgan fingerprint density at radius 3 is 2.44 bits per heavy atom. The van der Waals surface area contributed by atoms with Gasteiger partial charge in [0.15, 0.2) is 0 Å². The maximum Gasteiger partial charge on any atom is 0.255 e. The molecular formula is C21H22N2O2. The summed E-state index contributed by atoms with van der Waals surface area (Å²) in [4.78, 5) is 26.9. The van der Waals surface area contributed by atoms with Crippen LogP contribution in [-0.4, -0.2) is 18.4 Å². The van der Waals surface area contributed by atoms with Gasteiger partial charge in [-0.1, -0.05) is 23.3 Å². The molecule has 0 radical (unpaired) electrons. The van der Waals surface area contributed by atoms with Crippen LogP contribution in [-0.2, 0) is 11.2 Å². The number of nitrogens with zero attached hydrogens (tertiary/aromatic N) is 1. The molecule has 1 heterocycles. The number of hydrogen-bond acceptors (Lipinski definition) is 2. The first kappa shape index (κ1) is 15.9. The summed E-state index contributed by atoms with van der Waals surface area (Å²) in [5.41, 5.74) is 5.66. The van der Waals surface area contributed by atoms with E-state index in [0.717, 1.165) is 48.3 Å². The maximum atomic E-state index is 12.6. The minimum absolute atomic E-state index is 0.121. The van der Waals surface area contributed by atoms with Crippen LogP contribution in [0.15, 0.2) is 36.4 Å². The van der Waals surface area contributed by atoms with E-state index in [4.69, 9.17) is 0 Å². The summed E-state index contributed by atoms with van der Waals surface area (Å²) in [6, 6.07) is 11.7. The van der Waals surface area contributed by atoms with Gasteiger partial charge in [-0.05, 0) is 62.9 Å².